The van der Waals surface area contributed by atoms with E-state index < -0.39 is 46.2 Å². The van der Waals surface area contributed by atoms with E-state index in [0.717, 1.165) is 10.8 Å². The number of hydrogen-bond donors (Lipinski definition) is 1. The van der Waals surface area contributed by atoms with Crippen molar-refractivity contribution in [2.45, 2.75) is 0 Å². The van der Waals surface area contributed by atoms with E-state index in [0.29, 0.717) is 31.0 Å². The average molecular weight is 622 g/mol. The van der Waals surface area contributed by atoms with Gasteiger partial charge in [0, 0.05) is 31.4 Å². The van der Waals surface area contributed by atoms with E-state index in [9.17, 15) is 18.8 Å². The molecule has 42 heavy (non-hydrogen) atoms. The summed E-state index contributed by atoms with van der Waals surface area (Å²) < 4.78 is 49.2. The Labute approximate surface area is 245 Å². The molecule has 0 atom stereocenters. The van der Waals surface area contributed by atoms with Crippen LogP contribution in [0.2, 0.25) is 10.0 Å². The number of carbonyl (C=O) groups is 2. The third kappa shape index (κ3) is 5.71. The number of carbonyl (C=O) groups excluding carboxylic acids is 2. The summed E-state index contributed by atoms with van der Waals surface area (Å²) in [6.45, 7) is 1.23. The molecule has 3 heterocycles. The molecule has 0 aliphatic carbocycles. The zero-order chi connectivity index (χ0) is 30.1. The molecular weight excluding hydrogens is 602 g/mol. The van der Waals surface area contributed by atoms with Crippen LogP contribution in [0.15, 0.2) is 53.5 Å². The number of hydrogen-bond acceptors (Lipinski definition) is 8. The van der Waals surface area contributed by atoms with E-state index in [4.69, 9.17) is 28.0 Å². The number of para-hydroxylation sites is 1. The molecular formula is C27H20Cl2F3N5O5. The Hall–Kier alpha value is -4.33. The molecule has 15 heteroatoms. The molecule has 2 aromatic carbocycles. The second kappa shape index (κ2) is 11.9. The van der Waals surface area contributed by atoms with Crippen LogP contribution in [0.5, 0.6) is 0 Å². The predicted molar refractivity (Wildman–Crippen MR) is 149 cm³/mol. The lowest BCUT2D eigenvalue weighted by Crippen LogP contribution is -2.47. The molecule has 0 unspecified atom stereocenters. The Morgan fingerprint density at radius 1 is 0.976 bits per heavy atom. The van der Waals surface area contributed by atoms with Gasteiger partial charge in [-0.25, -0.2) is 22.9 Å². The van der Waals surface area contributed by atoms with Gasteiger partial charge < -0.3 is 19.8 Å². The maximum Gasteiger partial charge on any atom is 0.527 e. The van der Waals surface area contributed by atoms with Crippen LogP contribution >= 0.6 is 23.2 Å². The second-order valence-corrected chi connectivity index (χ2v) is 9.83. The van der Waals surface area contributed by atoms with Crippen molar-refractivity contribution >= 4 is 57.8 Å². The third-order valence-corrected chi connectivity index (χ3v) is 7.07. The summed E-state index contributed by atoms with van der Waals surface area (Å²) in [6.07, 6.45) is 0.0552. The maximum absolute atomic E-state index is 15.0. The number of ether oxygens (including phenoxy) is 1. The number of anilines is 2. The number of methoxy groups -OCH3 is 1. The summed E-state index contributed by atoms with van der Waals surface area (Å²) in [6, 6.07) is 8.31. The fraction of sp³-hybridized carbons (Fsp3) is 0.185. The highest BCUT2D eigenvalue weighted by atomic mass is 35.5. The van der Waals surface area contributed by atoms with Crippen molar-refractivity contribution in [1.29, 1.82) is 0 Å². The number of amides is 1. The van der Waals surface area contributed by atoms with E-state index in [1.165, 1.54) is 36.4 Å². The van der Waals surface area contributed by atoms with Crippen LogP contribution in [-0.2, 0) is 9.57 Å². The molecule has 5 rings (SSSR count). The molecule has 0 bridgehead atoms. The lowest BCUT2D eigenvalue weighted by molar-refractivity contribution is -0.126. The van der Waals surface area contributed by atoms with Crippen LogP contribution in [0.1, 0.15) is 10.4 Å². The van der Waals surface area contributed by atoms with Gasteiger partial charge in [0.2, 0.25) is 5.43 Å². The third-order valence-electron chi connectivity index (χ3n) is 6.44. The van der Waals surface area contributed by atoms with Gasteiger partial charge >= 0.3 is 6.16 Å². The highest BCUT2D eigenvalue weighted by Gasteiger charge is 2.25. The minimum Gasteiger partial charge on any atom is -0.436 e. The molecule has 1 aliphatic heterocycles. The molecule has 218 valence electrons. The molecule has 10 nitrogen and oxygen atoms in total. The minimum absolute atomic E-state index is 0.0276. The molecule has 2 aromatic heterocycles. The van der Waals surface area contributed by atoms with Gasteiger partial charge in [-0.1, -0.05) is 29.3 Å². The number of rotatable bonds is 5. The Morgan fingerprint density at radius 3 is 2.24 bits per heavy atom. The molecule has 0 radical (unpaired) electrons. The van der Waals surface area contributed by atoms with Gasteiger partial charge in [-0.3, -0.25) is 14.2 Å². The molecule has 0 saturated carbocycles. The molecule has 4 aromatic rings. The maximum atomic E-state index is 15.0. The quantitative estimate of drug-likeness (QED) is 0.304. The van der Waals surface area contributed by atoms with Crippen molar-refractivity contribution in [3.8, 4) is 5.69 Å². The first-order chi connectivity index (χ1) is 20.1. The van der Waals surface area contributed by atoms with Crippen molar-refractivity contribution in [2.24, 2.45) is 0 Å². The first-order valence-electron chi connectivity index (χ1n) is 12.3. The van der Waals surface area contributed by atoms with Crippen LogP contribution in [-0.4, -0.2) is 60.0 Å². The number of pyridine rings is 2. The smallest absolute Gasteiger partial charge is 0.436 e. The zero-order valence-corrected chi connectivity index (χ0v) is 23.2. The summed E-state index contributed by atoms with van der Waals surface area (Å²) in [5, 5.41) is 3.90. The molecule has 1 aliphatic rings. The van der Waals surface area contributed by atoms with Gasteiger partial charge in [0.15, 0.2) is 17.3 Å². The number of piperazine rings is 1. The lowest BCUT2D eigenvalue weighted by atomic mass is 10.1. The van der Waals surface area contributed by atoms with Crippen molar-refractivity contribution in [3.63, 3.8) is 0 Å². The van der Waals surface area contributed by atoms with Crippen molar-refractivity contribution < 1.29 is 32.3 Å². The normalized spacial score (nSPS) is 13.7. The number of fused-ring (bicyclic) bond motifs is 1. The predicted octanol–water partition coefficient (Wildman–Crippen LogP) is 5.18. The van der Waals surface area contributed by atoms with Gasteiger partial charge in [0.25, 0.3) is 5.91 Å². The number of halogens is 5. The minimum atomic E-state index is -1.29. The number of hydroxylamine groups is 2. The van der Waals surface area contributed by atoms with Gasteiger partial charge in [-0.15, -0.1) is 5.06 Å². The van der Waals surface area contributed by atoms with Crippen LogP contribution in [0, 0.1) is 17.5 Å². The summed E-state index contributed by atoms with van der Waals surface area (Å²) in [5.74, 6) is -4.38. The number of nitrogens with zero attached hydrogens (tertiary/aromatic N) is 4. The molecule has 1 saturated heterocycles. The number of aromatic nitrogens is 2. The van der Waals surface area contributed by atoms with Crippen molar-refractivity contribution in [1.82, 2.24) is 14.6 Å². The van der Waals surface area contributed by atoms with Crippen molar-refractivity contribution in [3.05, 3.63) is 91.9 Å². The Kier molecular flexibility index (Phi) is 8.25. The standard InChI is InChI=1S/C27H20Cl2F3N5O5/c1-41-27(40)42-36-9-7-35(8-10-36)21-6-5-15-24(38)16(26(39)34-22-17(28)3-2-4-18(22)29)13-37(25(15)33-21)23-19(31)11-14(30)12-20(23)32/h2-6,11-13H,7-10H2,1H3,(H,34,39). The highest BCUT2D eigenvalue weighted by Crippen LogP contribution is 2.31. The Balaban J connectivity index is 1.60. The van der Waals surface area contributed by atoms with Gasteiger partial charge in [0.1, 0.15) is 22.9 Å². The zero-order valence-electron chi connectivity index (χ0n) is 21.7. The molecule has 1 N–H and O–H groups in total. The van der Waals surface area contributed by atoms with E-state index in [2.05, 4.69) is 15.0 Å². The van der Waals surface area contributed by atoms with Crippen LogP contribution < -0.4 is 15.6 Å². The first-order valence-corrected chi connectivity index (χ1v) is 13.1. The summed E-state index contributed by atoms with van der Waals surface area (Å²) in [4.78, 5) is 49.5. The van der Waals surface area contributed by atoms with Crippen LogP contribution in [0.25, 0.3) is 16.7 Å². The van der Waals surface area contributed by atoms with E-state index >= 15 is 8.78 Å². The van der Waals surface area contributed by atoms with Gasteiger partial charge in [-0.05, 0) is 24.3 Å². The summed E-state index contributed by atoms with van der Waals surface area (Å²) in [7, 11) is 1.19. The first kappa shape index (κ1) is 29.2. The van der Waals surface area contributed by atoms with Gasteiger partial charge in [0.05, 0.1) is 41.3 Å². The average Bonchev–Trinajstić information content (AvgIpc) is 2.95. The number of benzene rings is 2. The summed E-state index contributed by atoms with van der Waals surface area (Å²) in [5.41, 5.74) is -2.22. The fourth-order valence-corrected chi connectivity index (χ4v) is 4.91. The molecule has 1 fully saturated rings. The molecule has 1 amide bonds. The van der Waals surface area contributed by atoms with Gasteiger partial charge in [-0.2, -0.15) is 0 Å². The van der Waals surface area contributed by atoms with E-state index in [1.54, 1.807) is 11.0 Å². The lowest BCUT2D eigenvalue weighted by Gasteiger charge is -2.33. The largest absolute Gasteiger partial charge is 0.527 e. The number of nitrogens with one attached hydrogen (secondary N) is 1. The van der Waals surface area contributed by atoms with Crippen LogP contribution in [0.4, 0.5) is 29.5 Å². The second-order valence-electron chi connectivity index (χ2n) is 9.01. The SMILES string of the molecule is COC(=O)ON1CCN(c2ccc3c(=O)c(C(=O)Nc4c(Cl)cccc4Cl)cn(-c4c(F)cc(F)cc4F)c3n2)CC1. The molecule has 0 spiro atoms. The van der Waals surface area contributed by atoms with E-state index in [-0.39, 0.29) is 39.9 Å². The van der Waals surface area contributed by atoms with Crippen molar-refractivity contribution in [2.75, 3.05) is 43.5 Å². The monoisotopic (exact) mass is 621 g/mol. The Morgan fingerprint density at radius 2 is 1.62 bits per heavy atom. The van der Waals surface area contributed by atoms with E-state index in [1.807, 2.05) is 0 Å². The Bertz CT molecular complexity index is 1740. The summed E-state index contributed by atoms with van der Waals surface area (Å²) >= 11 is 12.3. The highest BCUT2D eigenvalue weighted by molar-refractivity contribution is 6.40. The topological polar surface area (TPSA) is 106 Å². The van der Waals surface area contributed by atoms with Crippen LogP contribution in [0.3, 0.4) is 0 Å². The fourth-order valence-electron chi connectivity index (χ4n) is 4.42.